The number of hydrogen-bond donors (Lipinski definition) is 0. The van der Waals surface area contributed by atoms with Crippen molar-refractivity contribution in [1.82, 2.24) is 15.0 Å². The average molecular weight is 273 g/mol. The molecule has 7 heteroatoms. The highest BCUT2D eigenvalue weighted by Crippen LogP contribution is 2.36. The largest absolute Gasteiger partial charge is 0.534 e. The van der Waals surface area contributed by atoms with Crippen LogP contribution in [-0.2, 0) is 9.31 Å². The summed E-state index contributed by atoms with van der Waals surface area (Å²) in [6.45, 7) is 7.98. The van der Waals surface area contributed by atoms with Crippen LogP contribution < -0.4 is 5.66 Å². The summed E-state index contributed by atoms with van der Waals surface area (Å²) >= 11 is 0. The summed E-state index contributed by atoms with van der Waals surface area (Å²) in [5.74, 6) is 0.428. The number of oxazole rings is 1. The van der Waals surface area contributed by atoms with Crippen molar-refractivity contribution in [2.45, 2.75) is 38.9 Å². The Bertz CT molecular complexity index is 596. The normalized spacial score (nSPS) is 20.3. The zero-order valence-corrected chi connectivity index (χ0v) is 12.0. The van der Waals surface area contributed by atoms with Crippen molar-refractivity contribution in [3.63, 3.8) is 0 Å². The first-order chi connectivity index (χ1) is 9.39. The molecule has 104 valence electrons. The fourth-order valence-electron chi connectivity index (χ4n) is 1.89. The molecular formula is C13H16BN3O3. The van der Waals surface area contributed by atoms with E-state index in [0.717, 1.165) is 0 Å². The van der Waals surface area contributed by atoms with Gasteiger partial charge < -0.3 is 13.7 Å². The lowest BCUT2D eigenvalue weighted by atomic mass is 9.87. The number of aromatic nitrogens is 3. The van der Waals surface area contributed by atoms with Crippen molar-refractivity contribution in [1.29, 1.82) is 0 Å². The number of nitrogens with zero attached hydrogens (tertiary/aromatic N) is 3. The molecular weight excluding hydrogens is 257 g/mol. The van der Waals surface area contributed by atoms with Crippen LogP contribution in [-0.4, -0.2) is 33.3 Å². The van der Waals surface area contributed by atoms with Gasteiger partial charge in [-0.15, -0.1) is 0 Å². The van der Waals surface area contributed by atoms with Gasteiger partial charge in [0.25, 0.3) is 0 Å². The second-order valence-corrected chi connectivity index (χ2v) is 5.75. The summed E-state index contributed by atoms with van der Waals surface area (Å²) in [5, 5.41) is 0. The van der Waals surface area contributed by atoms with E-state index in [1.165, 1.54) is 6.33 Å². The predicted molar refractivity (Wildman–Crippen MR) is 73.2 cm³/mol. The fourth-order valence-corrected chi connectivity index (χ4v) is 1.89. The molecule has 3 rings (SSSR count). The second kappa shape index (κ2) is 4.39. The van der Waals surface area contributed by atoms with Gasteiger partial charge in [-0.1, -0.05) is 0 Å². The zero-order chi connectivity index (χ0) is 14.4. The van der Waals surface area contributed by atoms with Gasteiger partial charge in [0.05, 0.1) is 17.4 Å². The van der Waals surface area contributed by atoms with Gasteiger partial charge in [0.15, 0.2) is 5.66 Å². The third kappa shape index (κ3) is 2.12. The average Bonchev–Trinajstić information content (AvgIpc) is 2.94. The zero-order valence-electron chi connectivity index (χ0n) is 12.0. The second-order valence-electron chi connectivity index (χ2n) is 5.75. The fraction of sp³-hybridized carbons (Fsp3) is 0.462. The maximum Gasteiger partial charge on any atom is 0.534 e. The molecule has 0 unspecified atom stereocenters. The molecule has 0 N–H and O–H groups in total. The van der Waals surface area contributed by atoms with Gasteiger partial charge >= 0.3 is 7.12 Å². The molecule has 0 radical (unpaired) electrons. The molecule has 1 aliphatic heterocycles. The van der Waals surface area contributed by atoms with Crippen LogP contribution in [0.2, 0.25) is 0 Å². The Morgan fingerprint density at radius 3 is 2.35 bits per heavy atom. The maximum atomic E-state index is 5.91. The van der Waals surface area contributed by atoms with Crippen molar-refractivity contribution >= 4 is 12.8 Å². The van der Waals surface area contributed by atoms with Gasteiger partial charge in [0.2, 0.25) is 5.89 Å². The smallest absolute Gasteiger partial charge is 0.444 e. The highest BCUT2D eigenvalue weighted by Gasteiger charge is 2.53. The van der Waals surface area contributed by atoms with E-state index >= 15 is 0 Å². The third-order valence-corrected chi connectivity index (χ3v) is 3.81. The Balaban J connectivity index is 1.86. The van der Waals surface area contributed by atoms with Gasteiger partial charge in [-0.2, -0.15) is 0 Å². The molecule has 1 aliphatic rings. The lowest BCUT2D eigenvalue weighted by Crippen LogP contribution is -2.41. The lowest BCUT2D eigenvalue weighted by molar-refractivity contribution is 0.00578. The summed E-state index contributed by atoms with van der Waals surface area (Å²) in [4.78, 5) is 12.2. The Labute approximate surface area is 117 Å². The van der Waals surface area contributed by atoms with Crippen LogP contribution >= 0.6 is 0 Å². The minimum Gasteiger partial charge on any atom is -0.444 e. The first-order valence-corrected chi connectivity index (χ1v) is 6.47. The van der Waals surface area contributed by atoms with Crippen molar-refractivity contribution in [2.24, 2.45) is 0 Å². The van der Waals surface area contributed by atoms with E-state index in [-0.39, 0.29) is 0 Å². The Morgan fingerprint density at radius 2 is 1.75 bits per heavy atom. The highest BCUT2D eigenvalue weighted by molar-refractivity contribution is 6.60. The summed E-state index contributed by atoms with van der Waals surface area (Å²) in [5.41, 5.74) is 0.360. The molecule has 1 saturated heterocycles. The van der Waals surface area contributed by atoms with Crippen molar-refractivity contribution in [2.75, 3.05) is 0 Å². The molecule has 0 spiro atoms. The summed E-state index contributed by atoms with van der Waals surface area (Å²) in [6, 6.07) is 1.74. The van der Waals surface area contributed by atoms with Gasteiger partial charge in [0, 0.05) is 6.20 Å². The molecule has 0 atom stereocenters. The van der Waals surface area contributed by atoms with E-state index < -0.39 is 18.3 Å². The van der Waals surface area contributed by atoms with Crippen LogP contribution in [0.3, 0.4) is 0 Å². The van der Waals surface area contributed by atoms with Gasteiger partial charge in [-0.05, 0) is 33.8 Å². The third-order valence-electron chi connectivity index (χ3n) is 3.81. The van der Waals surface area contributed by atoms with Crippen molar-refractivity contribution in [3.05, 3.63) is 24.8 Å². The number of hydrogen-bond acceptors (Lipinski definition) is 6. The predicted octanol–water partition coefficient (Wildman–Crippen LogP) is 1.43. The van der Waals surface area contributed by atoms with Crippen LogP contribution in [0.25, 0.3) is 11.6 Å². The molecule has 0 saturated carbocycles. The lowest BCUT2D eigenvalue weighted by Gasteiger charge is -2.32. The van der Waals surface area contributed by atoms with E-state index in [4.69, 9.17) is 13.7 Å². The monoisotopic (exact) mass is 273 g/mol. The standard InChI is InChI=1S/C13H16BN3O3/c1-12(2)13(3,4)20-14(19-12)10-7-16-11(18-10)9-5-6-15-8-17-9/h5-8H,1-4H3. The van der Waals surface area contributed by atoms with E-state index in [1.54, 1.807) is 18.5 Å². The van der Waals surface area contributed by atoms with Crippen molar-refractivity contribution < 1.29 is 13.7 Å². The van der Waals surface area contributed by atoms with Crippen molar-refractivity contribution in [3.8, 4) is 11.6 Å². The van der Waals surface area contributed by atoms with E-state index in [2.05, 4.69) is 15.0 Å². The van der Waals surface area contributed by atoms with Gasteiger partial charge in [0.1, 0.15) is 12.0 Å². The summed E-state index contributed by atoms with van der Waals surface area (Å²) < 4.78 is 17.5. The SMILES string of the molecule is CC1(C)OB(c2cnc(-c3ccncn3)o2)OC1(C)C. The highest BCUT2D eigenvalue weighted by atomic mass is 16.7. The Morgan fingerprint density at radius 1 is 1.05 bits per heavy atom. The molecule has 0 amide bonds. The van der Waals surface area contributed by atoms with Crippen LogP contribution in [0, 0.1) is 0 Å². The molecule has 0 aliphatic carbocycles. The van der Waals surface area contributed by atoms with Gasteiger partial charge in [-0.25, -0.2) is 15.0 Å². The van der Waals surface area contributed by atoms with E-state index in [0.29, 0.717) is 17.2 Å². The molecule has 0 bridgehead atoms. The Hall–Kier alpha value is -1.73. The van der Waals surface area contributed by atoms with Crippen LogP contribution in [0.4, 0.5) is 0 Å². The molecule has 1 fully saturated rings. The quantitative estimate of drug-likeness (QED) is 0.771. The first-order valence-electron chi connectivity index (χ1n) is 6.47. The topological polar surface area (TPSA) is 70.3 Å². The van der Waals surface area contributed by atoms with Crippen LogP contribution in [0.1, 0.15) is 27.7 Å². The van der Waals surface area contributed by atoms with Crippen LogP contribution in [0.15, 0.2) is 29.2 Å². The molecule has 20 heavy (non-hydrogen) atoms. The Kier molecular flexibility index (Phi) is 2.91. The number of rotatable bonds is 2. The summed E-state index contributed by atoms with van der Waals surface area (Å²) in [7, 11) is -0.553. The first kappa shape index (κ1) is 13.3. The van der Waals surface area contributed by atoms with Crippen LogP contribution in [0.5, 0.6) is 0 Å². The minimum atomic E-state index is -0.553. The molecule has 0 aromatic carbocycles. The molecule has 2 aromatic heterocycles. The van der Waals surface area contributed by atoms with Gasteiger partial charge in [-0.3, -0.25) is 0 Å². The minimum absolute atomic E-state index is 0.403. The van der Waals surface area contributed by atoms with E-state index in [1.807, 2.05) is 27.7 Å². The molecule has 3 heterocycles. The molecule has 6 nitrogen and oxygen atoms in total. The summed E-state index contributed by atoms with van der Waals surface area (Å²) in [6.07, 6.45) is 4.70. The van der Waals surface area contributed by atoms with E-state index in [9.17, 15) is 0 Å². The molecule has 2 aromatic rings. The maximum absolute atomic E-state index is 5.91.